The lowest BCUT2D eigenvalue weighted by Crippen LogP contribution is -2.45. The van der Waals surface area contributed by atoms with Crippen LogP contribution in [-0.2, 0) is 4.74 Å². The molecule has 1 amide bonds. The molecule has 2 saturated heterocycles. The number of piperazine rings is 1. The van der Waals surface area contributed by atoms with Gasteiger partial charge in [0.1, 0.15) is 24.0 Å². The van der Waals surface area contributed by atoms with Crippen LogP contribution in [0.3, 0.4) is 0 Å². The third-order valence-corrected chi connectivity index (χ3v) is 7.93. The predicted molar refractivity (Wildman–Crippen MR) is 157 cm³/mol. The van der Waals surface area contributed by atoms with Crippen LogP contribution in [0.25, 0.3) is 10.9 Å². The van der Waals surface area contributed by atoms with E-state index in [1.807, 2.05) is 12.1 Å². The number of aromatic nitrogens is 2. The number of carbonyl (C=O) groups excluding carboxylic acids is 1. The first-order valence-electron chi connectivity index (χ1n) is 14.2. The molecule has 2 aliphatic heterocycles. The second-order valence-corrected chi connectivity index (χ2v) is 10.9. The molecule has 3 heterocycles. The summed E-state index contributed by atoms with van der Waals surface area (Å²) in [4.78, 5) is 19.7. The average molecular weight is 577 g/mol. The Bertz CT molecular complexity index is 1560. The molecule has 0 radical (unpaired) electrons. The molecule has 42 heavy (non-hydrogen) atoms. The highest BCUT2D eigenvalue weighted by Crippen LogP contribution is 2.33. The number of hydrogen-bond acceptors (Lipinski definition) is 7. The summed E-state index contributed by atoms with van der Waals surface area (Å²) >= 11 is 0. The molecule has 2 aliphatic rings. The van der Waals surface area contributed by atoms with E-state index in [0.717, 1.165) is 75.0 Å². The Morgan fingerprint density at radius 1 is 1.02 bits per heavy atom. The number of hydrogen-bond donors (Lipinski definition) is 3. The zero-order chi connectivity index (χ0) is 29.2. The van der Waals surface area contributed by atoms with Crippen molar-refractivity contribution in [2.24, 2.45) is 0 Å². The van der Waals surface area contributed by atoms with Gasteiger partial charge in [-0.05, 0) is 73.8 Å². The smallest absolute Gasteiger partial charge is 0.273 e. The summed E-state index contributed by atoms with van der Waals surface area (Å²) in [7, 11) is 2.11. The normalized spacial score (nSPS) is 18.7. The minimum Gasteiger partial charge on any atom is -0.384 e. The number of amides is 1. The van der Waals surface area contributed by atoms with E-state index in [9.17, 15) is 18.7 Å². The van der Waals surface area contributed by atoms with Gasteiger partial charge in [0.25, 0.3) is 5.91 Å². The molecule has 9 nitrogen and oxygen atoms in total. The van der Waals surface area contributed by atoms with E-state index in [1.165, 1.54) is 4.79 Å². The summed E-state index contributed by atoms with van der Waals surface area (Å²) < 4.78 is 33.4. The van der Waals surface area contributed by atoms with Crippen molar-refractivity contribution in [2.45, 2.75) is 31.6 Å². The summed E-state index contributed by atoms with van der Waals surface area (Å²) in [5.41, 5.74) is 6.21. The van der Waals surface area contributed by atoms with Gasteiger partial charge in [-0.1, -0.05) is 12.1 Å². The Hall–Kier alpha value is -4.06. The van der Waals surface area contributed by atoms with Crippen LogP contribution in [0.1, 0.15) is 46.9 Å². The molecule has 0 saturated carbocycles. The number of carbonyl (C=O) groups is 1. The lowest BCUT2D eigenvalue weighted by molar-refractivity contribution is 0.0343. The molecule has 11 heteroatoms. The molecule has 2 atom stereocenters. The molecule has 2 fully saturated rings. The van der Waals surface area contributed by atoms with E-state index < -0.39 is 17.7 Å². The van der Waals surface area contributed by atoms with Gasteiger partial charge in [-0.3, -0.25) is 4.79 Å². The van der Waals surface area contributed by atoms with E-state index in [2.05, 4.69) is 32.7 Å². The van der Waals surface area contributed by atoms with Crippen molar-refractivity contribution in [3.8, 4) is 0 Å². The van der Waals surface area contributed by atoms with Crippen LogP contribution in [0.15, 0.2) is 60.8 Å². The second-order valence-electron chi connectivity index (χ2n) is 10.9. The fourth-order valence-corrected chi connectivity index (χ4v) is 5.60. The Kier molecular flexibility index (Phi) is 8.05. The number of para-hydroxylation sites is 1. The van der Waals surface area contributed by atoms with Crippen LogP contribution < -0.4 is 15.6 Å². The minimum absolute atomic E-state index is 0.106. The zero-order valence-electron chi connectivity index (χ0n) is 23.4. The highest BCUT2D eigenvalue weighted by molar-refractivity contribution is 6.07. The molecule has 1 aromatic heterocycles. The summed E-state index contributed by atoms with van der Waals surface area (Å²) in [5.74, 6) is -1.86. The third-order valence-electron chi connectivity index (χ3n) is 7.93. The molecule has 0 aliphatic carbocycles. The topological polar surface area (TPSA) is 94.9 Å². The van der Waals surface area contributed by atoms with Crippen molar-refractivity contribution in [2.75, 3.05) is 55.5 Å². The lowest BCUT2D eigenvalue weighted by Gasteiger charge is -2.36. The van der Waals surface area contributed by atoms with Gasteiger partial charge in [0, 0.05) is 44.2 Å². The molecule has 2 unspecified atom stereocenters. The van der Waals surface area contributed by atoms with Crippen molar-refractivity contribution < 1.29 is 23.4 Å². The van der Waals surface area contributed by atoms with Crippen LogP contribution >= 0.6 is 0 Å². The van der Waals surface area contributed by atoms with Gasteiger partial charge in [0.2, 0.25) is 0 Å². The minimum atomic E-state index is -1.23. The van der Waals surface area contributed by atoms with Gasteiger partial charge in [0.15, 0.2) is 0 Å². The van der Waals surface area contributed by atoms with Crippen LogP contribution in [0.2, 0.25) is 0 Å². The fraction of sp³-hybridized carbons (Fsp3) is 0.355. The molecule has 6 rings (SSSR count). The fourth-order valence-electron chi connectivity index (χ4n) is 5.60. The number of nitrogens with zero attached hydrogens (tertiary/aromatic N) is 4. The van der Waals surface area contributed by atoms with E-state index in [4.69, 9.17) is 4.74 Å². The van der Waals surface area contributed by atoms with Crippen molar-refractivity contribution >= 4 is 28.2 Å². The molecule has 3 N–H and O–H groups in total. The summed E-state index contributed by atoms with van der Waals surface area (Å²) in [6.45, 7) is 4.24. The maximum atomic E-state index is 13.7. The molecule has 0 spiro atoms. The maximum Gasteiger partial charge on any atom is 0.273 e. The molecule has 220 valence electrons. The Labute approximate surface area is 242 Å². The number of anilines is 2. The zero-order valence-corrected chi connectivity index (χ0v) is 23.4. The number of halogens is 2. The number of nitrogens with one attached hydrogen (secondary N) is 2. The van der Waals surface area contributed by atoms with Crippen molar-refractivity contribution in [3.05, 3.63) is 89.1 Å². The quantitative estimate of drug-likeness (QED) is 0.299. The second kappa shape index (κ2) is 12.0. The van der Waals surface area contributed by atoms with Crippen LogP contribution in [0.5, 0.6) is 0 Å². The van der Waals surface area contributed by atoms with Crippen LogP contribution in [-0.4, -0.2) is 71.9 Å². The van der Waals surface area contributed by atoms with Crippen LogP contribution in [0, 0.1) is 11.6 Å². The monoisotopic (exact) mass is 576 g/mol. The highest BCUT2D eigenvalue weighted by Gasteiger charge is 2.25. The highest BCUT2D eigenvalue weighted by atomic mass is 19.1. The average Bonchev–Trinajstić information content (AvgIpc) is 3.39. The number of ether oxygens (including phenoxy) is 1. The summed E-state index contributed by atoms with van der Waals surface area (Å²) in [5, 5.41) is 19.3. The number of aliphatic hydroxyl groups excluding tert-OH is 1. The number of fused-ring (bicyclic) bond motifs is 1. The summed E-state index contributed by atoms with van der Waals surface area (Å²) in [6, 6.07) is 13.7. The first-order chi connectivity index (χ1) is 20.4. The first kappa shape index (κ1) is 28.1. The number of aliphatic hydroxyl groups is 1. The SMILES string of the molecule is CN1CCN(c2cccc(C(=O)Nn3ncc4cc(C(O)c5cc(F)cc(F)c5)ccc43)c2NC2CCCCO2)CC1. The largest absolute Gasteiger partial charge is 0.384 e. The van der Waals surface area contributed by atoms with Gasteiger partial charge in [0.05, 0.1) is 28.7 Å². The van der Waals surface area contributed by atoms with E-state index >= 15 is 0 Å². The van der Waals surface area contributed by atoms with Crippen molar-refractivity contribution in [3.63, 3.8) is 0 Å². The van der Waals surface area contributed by atoms with Gasteiger partial charge < -0.3 is 25.0 Å². The van der Waals surface area contributed by atoms with Crippen LogP contribution in [0.4, 0.5) is 20.2 Å². The van der Waals surface area contributed by atoms with E-state index in [-0.39, 0.29) is 17.7 Å². The van der Waals surface area contributed by atoms with E-state index in [1.54, 1.807) is 30.5 Å². The molecular weight excluding hydrogens is 542 g/mol. The molecule has 0 bridgehead atoms. The van der Waals surface area contributed by atoms with Gasteiger partial charge in [-0.25, -0.2) is 14.2 Å². The predicted octanol–water partition coefficient (Wildman–Crippen LogP) is 4.47. The van der Waals surface area contributed by atoms with Crippen molar-refractivity contribution in [1.82, 2.24) is 14.8 Å². The van der Waals surface area contributed by atoms with Crippen molar-refractivity contribution in [1.29, 1.82) is 0 Å². The lowest BCUT2D eigenvalue weighted by atomic mass is 10.0. The number of rotatable bonds is 7. The summed E-state index contributed by atoms with van der Waals surface area (Å²) in [6.07, 6.45) is 3.09. The Morgan fingerprint density at radius 2 is 1.81 bits per heavy atom. The molecular formula is C31H34F2N6O3. The molecule has 3 aromatic carbocycles. The van der Waals surface area contributed by atoms with Gasteiger partial charge >= 0.3 is 0 Å². The standard InChI is InChI=1S/C31H34F2N6O3/c1-37-10-12-38(13-11-37)27-6-4-5-25(29(27)35-28-7-2-3-14-42-28)31(41)36-39-26-9-8-20(15-22(26)19-34-39)30(40)21-16-23(32)18-24(33)17-21/h4-6,8-9,15-19,28,30,35,40H,2-3,7,10-14H2,1H3,(H,36,41). The molecule has 4 aromatic rings. The third kappa shape index (κ3) is 5.94. The van der Waals surface area contributed by atoms with Gasteiger partial charge in [-0.2, -0.15) is 9.89 Å². The first-order valence-corrected chi connectivity index (χ1v) is 14.2. The Balaban J connectivity index is 1.27. The number of benzene rings is 3. The Morgan fingerprint density at radius 3 is 2.55 bits per heavy atom. The maximum absolute atomic E-state index is 13.7. The van der Waals surface area contributed by atoms with Gasteiger partial charge in [-0.15, -0.1) is 0 Å². The van der Waals surface area contributed by atoms with E-state index in [0.29, 0.717) is 28.6 Å². The number of likely N-dealkylation sites (N-methyl/N-ethyl adjacent to an activating group) is 1.